The molecule has 13 nitrogen and oxygen atoms in total. The van der Waals surface area contributed by atoms with Crippen molar-refractivity contribution in [3.63, 3.8) is 0 Å². The van der Waals surface area contributed by atoms with Gasteiger partial charge < -0.3 is 18.2 Å². The van der Waals surface area contributed by atoms with Crippen molar-refractivity contribution in [3.8, 4) is 44.5 Å². The van der Waals surface area contributed by atoms with Crippen LogP contribution < -0.4 is 0 Å². The van der Waals surface area contributed by atoms with Crippen LogP contribution in [0.1, 0.15) is 126 Å². The van der Waals surface area contributed by atoms with Crippen LogP contribution in [0.25, 0.3) is 44.5 Å². The van der Waals surface area contributed by atoms with Crippen LogP contribution in [0.2, 0.25) is 0 Å². The number of hydrogen-bond donors (Lipinski definition) is 0. The molecule has 0 aliphatic heterocycles. The lowest BCUT2D eigenvalue weighted by Crippen LogP contribution is -2.26. The van der Waals surface area contributed by atoms with Crippen molar-refractivity contribution < 1.29 is 56.7 Å². The third-order valence-electron chi connectivity index (χ3n) is 15.0. The van der Waals surface area contributed by atoms with E-state index in [4.69, 9.17) is 0 Å². The van der Waals surface area contributed by atoms with Gasteiger partial charge in [0.2, 0.25) is 0 Å². The molecule has 74 heavy (non-hydrogen) atoms. The largest absolute Gasteiger partial charge is 0.748 e. The summed E-state index contributed by atoms with van der Waals surface area (Å²) < 4.78 is 140. The normalized spacial score (nSPS) is 14.6. The van der Waals surface area contributed by atoms with Crippen molar-refractivity contribution >= 4 is 46.3 Å². The molecule has 0 aromatic heterocycles. The summed E-state index contributed by atoms with van der Waals surface area (Å²) in [7, 11) is -17.9. The summed E-state index contributed by atoms with van der Waals surface area (Å²) >= 11 is 0. The average molecular weight is 1080 g/mol. The number of unbranched alkanes of at least 4 members (excludes halogenated alkanes) is 4. The zero-order valence-electron chi connectivity index (χ0n) is 41.3. The monoisotopic (exact) mass is 1080 g/mol. The number of aryl methyl sites for hydroxylation is 2. The van der Waals surface area contributed by atoms with Crippen molar-refractivity contribution in [1.82, 2.24) is 0 Å². The van der Waals surface area contributed by atoms with Gasteiger partial charge in [0.05, 0.1) is 40.5 Å². The second-order valence-electron chi connectivity index (χ2n) is 20.1. The van der Waals surface area contributed by atoms with Gasteiger partial charge in [0, 0.05) is 45.0 Å². The van der Waals surface area contributed by atoms with E-state index in [-0.39, 0.29) is 31.5 Å². The summed E-state index contributed by atoms with van der Waals surface area (Å²) in [5, 5.41) is 0. The average Bonchev–Trinajstić information content (AvgIpc) is 3.75. The highest BCUT2D eigenvalue weighted by atomic mass is 32.2. The first-order valence-electron chi connectivity index (χ1n) is 24.9. The van der Waals surface area contributed by atoms with Crippen LogP contribution in [0.3, 0.4) is 0 Å². The number of carbonyl (C=O) groups excluding carboxylic acids is 1. The summed E-state index contributed by atoms with van der Waals surface area (Å²) in [6.07, 6.45) is 3.65. The minimum absolute atomic E-state index is 0.0948. The summed E-state index contributed by atoms with van der Waals surface area (Å²) in [6.45, 7) is 3.97. The Morgan fingerprint density at radius 1 is 0.351 bits per heavy atom. The maximum Gasteiger partial charge on any atom is 0.193 e. The standard InChI is InChI=1S/C57H62O13S4/c1-39-11-14-41(15-12-39)44-20-25-49-50-26-22-46(38-54(50)57(53(49)36-44,29-5-9-33-73(65,66)67)30-6-10-34-74(68,69)70)55(58)43-18-16-42(17-19-43)45-21-24-48-47-23-13-40(2)35-51(47)56(52(48)37-45,27-3-7-31-71(59,60)61)28-4-8-32-72(62,63)64/h11-26,35-38H,3-10,27-34H2,1-2H3,(H,59,60,61)(H,62,63,64)(H,65,66,67)(H,68,69,70)/p-4. The van der Waals surface area contributed by atoms with Crippen LogP contribution in [0.4, 0.5) is 0 Å². The topological polar surface area (TPSA) is 246 Å². The van der Waals surface area contributed by atoms with Crippen LogP contribution in [0, 0.1) is 13.8 Å². The van der Waals surface area contributed by atoms with Gasteiger partial charge in [-0.05, 0) is 150 Å². The molecule has 6 aromatic carbocycles. The van der Waals surface area contributed by atoms with E-state index < -0.39 is 74.3 Å². The van der Waals surface area contributed by atoms with Gasteiger partial charge in [0.15, 0.2) is 5.78 Å². The molecular formula is C57H58O13S4-4. The third kappa shape index (κ3) is 12.6. The zero-order chi connectivity index (χ0) is 53.3. The van der Waals surface area contributed by atoms with E-state index in [9.17, 15) is 56.7 Å². The molecular weight excluding hydrogens is 1020 g/mol. The Hall–Kier alpha value is -5.37. The molecule has 17 heteroatoms. The second-order valence-corrected chi connectivity index (χ2v) is 26.2. The quantitative estimate of drug-likeness (QED) is 0.0311. The SMILES string of the molecule is Cc1ccc(-c2ccc3c(c2)C(CCCCS(=O)(=O)[O-])(CCCCS(=O)(=O)[O-])c2cc(C(=O)c4ccc(-c5ccc6c(c5)C(CCCCS(=O)(=O)[O-])(CCCCS(=O)(=O)[O-])c5cc(C)ccc5-6)cc4)ccc2-3)cc1. The maximum atomic E-state index is 14.6. The highest BCUT2D eigenvalue weighted by Gasteiger charge is 2.44. The number of ketones is 1. The van der Waals surface area contributed by atoms with E-state index in [0.717, 1.165) is 77.9 Å². The van der Waals surface area contributed by atoms with Crippen molar-refractivity contribution in [2.75, 3.05) is 23.0 Å². The highest BCUT2D eigenvalue weighted by Crippen LogP contribution is 2.57. The summed E-state index contributed by atoms with van der Waals surface area (Å²) in [5.74, 6) is -2.39. The molecule has 8 rings (SSSR count). The minimum atomic E-state index is -4.50. The van der Waals surface area contributed by atoms with Crippen molar-refractivity contribution in [3.05, 3.63) is 166 Å². The van der Waals surface area contributed by atoms with E-state index in [2.05, 4.69) is 18.2 Å². The Morgan fingerprint density at radius 3 is 1.04 bits per heavy atom. The number of benzene rings is 6. The molecule has 0 heterocycles. The number of carbonyl (C=O) groups is 1. The minimum Gasteiger partial charge on any atom is -0.748 e. The molecule has 0 saturated carbocycles. The van der Waals surface area contributed by atoms with Crippen LogP contribution in [-0.2, 0) is 51.3 Å². The molecule has 0 saturated heterocycles. The fourth-order valence-electron chi connectivity index (χ4n) is 11.5. The molecule has 6 aromatic rings. The summed E-state index contributed by atoms with van der Waals surface area (Å²) in [5.41, 5.74) is 12.3. The number of fused-ring (bicyclic) bond motifs is 6. The fourth-order valence-corrected chi connectivity index (χ4v) is 13.7. The molecule has 0 fully saturated rings. The van der Waals surface area contributed by atoms with Crippen LogP contribution >= 0.6 is 0 Å². The first-order valence-corrected chi connectivity index (χ1v) is 31.2. The molecule has 0 atom stereocenters. The highest BCUT2D eigenvalue weighted by molar-refractivity contribution is 7.86. The van der Waals surface area contributed by atoms with Gasteiger partial charge in [-0.3, -0.25) is 4.79 Å². The van der Waals surface area contributed by atoms with Crippen LogP contribution in [-0.4, -0.2) is 80.7 Å². The molecule has 0 radical (unpaired) electrons. The van der Waals surface area contributed by atoms with Gasteiger partial charge in [0.25, 0.3) is 0 Å². The molecule has 2 aliphatic carbocycles. The predicted octanol–water partition coefficient (Wildman–Crippen LogP) is 10.3. The molecule has 0 N–H and O–H groups in total. The van der Waals surface area contributed by atoms with Gasteiger partial charge >= 0.3 is 0 Å². The van der Waals surface area contributed by atoms with E-state index in [1.54, 1.807) is 18.2 Å². The molecule has 0 amide bonds. The van der Waals surface area contributed by atoms with Crippen LogP contribution in [0.15, 0.2) is 121 Å². The van der Waals surface area contributed by atoms with Crippen LogP contribution in [0.5, 0.6) is 0 Å². The Kier molecular flexibility index (Phi) is 16.1. The number of hydrogen-bond acceptors (Lipinski definition) is 13. The Balaban J connectivity index is 1.14. The first kappa shape index (κ1) is 54.9. The zero-order valence-corrected chi connectivity index (χ0v) is 44.6. The van der Waals surface area contributed by atoms with Gasteiger partial charge in [-0.2, -0.15) is 0 Å². The Morgan fingerprint density at radius 2 is 0.649 bits per heavy atom. The fraction of sp³-hybridized carbons (Fsp3) is 0.351. The maximum absolute atomic E-state index is 14.6. The van der Waals surface area contributed by atoms with Crippen molar-refractivity contribution in [1.29, 1.82) is 0 Å². The van der Waals surface area contributed by atoms with Crippen molar-refractivity contribution in [2.24, 2.45) is 0 Å². The summed E-state index contributed by atoms with van der Waals surface area (Å²) in [4.78, 5) is 14.6. The molecule has 0 unspecified atom stereocenters. The van der Waals surface area contributed by atoms with Gasteiger partial charge in [-0.25, -0.2) is 33.7 Å². The van der Waals surface area contributed by atoms with E-state index in [0.29, 0.717) is 62.5 Å². The van der Waals surface area contributed by atoms with Gasteiger partial charge in [-0.1, -0.05) is 140 Å². The Bertz CT molecular complexity index is 3470. The number of rotatable bonds is 24. The first-order chi connectivity index (χ1) is 34.8. The molecule has 392 valence electrons. The molecule has 0 bridgehead atoms. The second kappa shape index (κ2) is 21.7. The molecule has 2 aliphatic rings. The van der Waals surface area contributed by atoms with E-state index >= 15 is 0 Å². The summed E-state index contributed by atoms with van der Waals surface area (Å²) in [6, 6.07) is 39.2. The lowest BCUT2D eigenvalue weighted by Gasteiger charge is -2.33. The smallest absolute Gasteiger partial charge is 0.193 e. The van der Waals surface area contributed by atoms with E-state index in [1.807, 2.05) is 98.8 Å². The Labute approximate surface area is 435 Å². The van der Waals surface area contributed by atoms with Gasteiger partial charge in [-0.15, -0.1) is 0 Å². The third-order valence-corrected chi connectivity index (χ3v) is 18.2. The lowest BCUT2D eigenvalue weighted by atomic mass is 9.70. The van der Waals surface area contributed by atoms with Crippen molar-refractivity contribution in [2.45, 2.75) is 102 Å². The van der Waals surface area contributed by atoms with Gasteiger partial charge in [0.1, 0.15) is 0 Å². The van der Waals surface area contributed by atoms with E-state index in [1.165, 1.54) is 0 Å². The molecule has 0 spiro atoms. The predicted molar refractivity (Wildman–Crippen MR) is 283 cm³/mol. The lowest BCUT2D eigenvalue weighted by molar-refractivity contribution is 0.103.